The summed E-state index contributed by atoms with van der Waals surface area (Å²) in [6.07, 6.45) is 3.41. The third kappa shape index (κ3) is 4.52. The molecule has 4 rings (SSSR count). The summed E-state index contributed by atoms with van der Waals surface area (Å²) < 4.78 is 14.9. The number of benzene rings is 2. The zero-order chi connectivity index (χ0) is 21.1. The van der Waals surface area contributed by atoms with Gasteiger partial charge in [0.2, 0.25) is 0 Å². The fraction of sp³-hybridized carbons (Fsp3) is 0.174. The van der Waals surface area contributed by atoms with Crippen molar-refractivity contribution < 1.29 is 9.18 Å². The number of anilines is 1. The van der Waals surface area contributed by atoms with E-state index in [1.165, 1.54) is 17.4 Å². The summed E-state index contributed by atoms with van der Waals surface area (Å²) in [5, 5.41) is 0.875. The minimum absolute atomic E-state index is 0.176. The maximum absolute atomic E-state index is 14.2. The van der Waals surface area contributed by atoms with E-state index in [9.17, 15) is 9.18 Å². The topological polar surface area (TPSA) is 46.1 Å². The molecule has 1 amide bonds. The Morgan fingerprint density at radius 3 is 2.73 bits per heavy atom. The summed E-state index contributed by atoms with van der Waals surface area (Å²) in [6.45, 7) is 4.53. The molecule has 0 saturated heterocycles. The molecule has 4 nitrogen and oxygen atoms in total. The number of halogens is 1. The van der Waals surface area contributed by atoms with Crippen molar-refractivity contribution in [1.82, 2.24) is 9.97 Å². The van der Waals surface area contributed by atoms with Crippen LogP contribution in [-0.2, 0) is 6.54 Å². The van der Waals surface area contributed by atoms with Crippen LogP contribution in [0.1, 0.15) is 29.8 Å². The number of amides is 1. The van der Waals surface area contributed by atoms with Crippen LogP contribution in [0.2, 0.25) is 0 Å². The van der Waals surface area contributed by atoms with E-state index in [2.05, 4.69) is 23.8 Å². The van der Waals surface area contributed by atoms with Crippen molar-refractivity contribution in [2.24, 2.45) is 0 Å². The van der Waals surface area contributed by atoms with Crippen LogP contribution in [0.4, 0.5) is 9.52 Å². The molecule has 0 bridgehead atoms. The minimum atomic E-state index is -0.390. The van der Waals surface area contributed by atoms with Gasteiger partial charge in [-0.1, -0.05) is 43.4 Å². The number of pyridine rings is 1. The lowest BCUT2D eigenvalue weighted by Crippen LogP contribution is -2.30. The van der Waals surface area contributed by atoms with Gasteiger partial charge >= 0.3 is 0 Å². The maximum atomic E-state index is 14.2. The number of hydrogen-bond acceptors (Lipinski definition) is 5. The highest BCUT2D eigenvalue weighted by molar-refractivity contribution is 7.99. The van der Waals surface area contributed by atoms with Gasteiger partial charge in [0.15, 0.2) is 5.13 Å². The van der Waals surface area contributed by atoms with Gasteiger partial charge < -0.3 is 0 Å². The van der Waals surface area contributed by atoms with Gasteiger partial charge in [-0.2, -0.15) is 0 Å². The first-order valence-corrected chi connectivity index (χ1v) is 11.2. The maximum Gasteiger partial charge on any atom is 0.260 e. The van der Waals surface area contributed by atoms with E-state index in [4.69, 9.17) is 0 Å². The molecule has 0 saturated carbocycles. The number of nitrogens with zero attached hydrogens (tertiary/aromatic N) is 3. The second-order valence-corrected chi connectivity index (χ2v) is 9.69. The van der Waals surface area contributed by atoms with Crippen LogP contribution in [0.3, 0.4) is 0 Å². The zero-order valence-electron chi connectivity index (χ0n) is 16.6. The SMILES string of the molecule is CC(C)Sc1cccc(C(=O)N(Cc2cccnc2)c2nc3c(F)cccc3s2)c1. The third-order valence-electron chi connectivity index (χ3n) is 4.35. The average Bonchev–Trinajstić information content (AvgIpc) is 3.17. The highest BCUT2D eigenvalue weighted by atomic mass is 32.2. The van der Waals surface area contributed by atoms with Gasteiger partial charge in [-0.3, -0.25) is 14.7 Å². The van der Waals surface area contributed by atoms with Crippen LogP contribution in [-0.4, -0.2) is 21.1 Å². The normalized spacial score (nSPS) is 11.2. The Balaban J connectivity index is 1.74. The van der Waals surface area contributed by atoms with E-state index in [-0.39, 0.29) is 17.2 Å². The molecule has 0 aliphatic carbocycles. The second-order valence-electron chi connectivity index (χ2n) is 7.03. The molecule has 30 heavy (non-hydrogen) atoms. The number of carbonyl (C=O) groups excluding carboxylic acids is 1. The smallest absolute Gasteiger partial charge is 0.260 e. The Morgan fingerprint density at radius 1 is 1.17 bits per heavy atom. The standard InChI is InChI=1S/C23H20FN3OS2/c1-15(2)29-18-8-3-7-17(12-18)22(28)27(14-16-6-5-11-25-13-16)23-26-21-19(24)9-4-10-20(21)30-23/h3-13,15H,14H2,1-2H3. The lowest BCUT2D eigenvalue weighted by molar-refractivity contribution is 0.0985. The van der Waals surface area contributed by atoms with E-state index < -0.39 is 0 Å². The van der Waals surface area contributed by atoms with Gasteiger partial charge in [-0.15, -0.1) is 11.8 Å². The van der Waals surface area contributed by atoms with E-state index in [1.807, 2.05) is 36.4 Å². The molecule has 2 heterocycles. The minimum Gasteiger partial charge on any atom is -0.279 e. The number of para-hydroxylation sites is 1. The summed E-state index contributed by atoms with van der Waals surface area (Å²) in [4.78, 5) is 24.7. The molecule has 7 heteroatoms. The predicted molar refractivity (Wildman–Crippen MR) is 122 cm³/mol. The fourth-order valence-corrected chi connectivity index (χ4v) is 4.92. The van der Waals surface area contributed by atoms with E-state index in [0.717, 1.165) is 10.5 Å². The summed E-state index contributed by atoms with van der Waals surface area (Å²) in [5.41, 5.74) is 1.73. The second kappa shape index (κ2) is 8.93. The molecule has 0 atom stereocenters. The van der Waals surface area contributed by atoms with Crippen molar-refractivity contribution in [3.05, 3.63) is 83.9 Å². The van der Waals surface area contributed by atoms with E-state index in [0.29, 0.717) is 27.2 Å². The van der Waals surface area contributed by atoms with Crippen molar-refractivity contribution >= 4 is 44.4 Å². The van der Waals surface area contributed by atoms with Crippen molar-refractivity contribution in [2.45, 2.75) is 30.5 Å². The molecule has 0 radical (unpaired) electrons. The molecule has 0 fully saturated rings. The molecular formula is C23H20FN3OS2. The molecule has 0 aliphatic rings. The quantitative estimate of drug-likeness (QED) is 0.338. The predicted octanol–water partition coefficient (Wildman–Crippen LogP) is 6.18. The van der Waals surface area contributed by atoms with E-state index >= 15 is 0 Å². The van der Waals surface area contributed by atoms with Crippen LogP contribution in [0.5, 0.6) is 0 Å². The largest absolute Gasteiger partial charge is 0.279 e. The molecule has 152 valence electrons. The number of carbonyl (C=O) groups is 1. The van der Waals surface area contributed by atoms with Crippen LogP contribution >= 0.6 is 23.1 Å². The summed E-state index contributed by atoms with van der Waals surface area (Å²) in [5.74, 6) is -0.566. The highest BCUT2D eigenvalue weighted by Gasteiger charge is 2.23. The van der Waals surface area contributed by atoms with Gasteiger partial charge in [0.25, 0.3) is 5.91 Å². The lowest BCUT2D eigenvalue weighted by atomic mass is 10.2. The summed E-state index contributed by atoms with van der Waals surface area (Å²) in [7, 11) is 0. The summed E-state index contributed by atoms with van der Waals surface area (Å²) >= 11 is 3.01. The Bertz CT molecular complexity index is 1180. The van der Waals surface area contributed by atoms with Crippen LogP contribution < -0.4 is 4.90 Å². The molecule has 0 N–H and O–H groups in total. The van der Waals surface area contributed by atoms with Crippen LogP contribution in [0.25, 0.3) is 10.2 Å². The number of aromatic nitrogens is 2. The molecule has 0 unspecified atom stereocenters. The molecule has 0 spiro atoms. The van der Waals surface area contributed by atoms with Crippen LogP contribution in [0, 0.1) is 5.82 Å². The first-order valence-electron chi connectivity index (χ1n) is 9.54. The fourth-order valence-electron chi connectivity index (χ4n) is 3.05. The van der Waals surface area contributed by atoms with Crippen molar-refractivity contribution in [3.8, 4) is 0 Å². The number of hydrogen-bond donors (Lipinski definition) is 0. The molecule has 0 aliphatic heterocycles. The molecule has 2 aromatic carbocycles. The van der Waals surface area contributed by atoms with E-state index in [1.54, 1.807) is 41.2 Å². The Hall–Kier alpha value is -2.77. The van der Waals surface area contributed by atoms with Gasteiger partial charge in [0.1, 0.15) is 11.3 Å². The van der Waals surface area contributed by atoms with Gasteiger partial charge in [0, 0.05) is 28.1 Å². The lowest BCUT2D eigenvalue weighted by Gasteiger charge is -2.20. The molecular weight excluding hydrogens is 417 g/mol. The van der Waals surface area contributed by atoms with Crippen molar-refractivity contribution in [3.63, 3.8) is 0 Å². The molecule has 2 aromatic heterocycles. The van der Waals surface area contributed by atoms with Gasteiger partial charge in [-0.05, 0) is 42.0 Å². The first-order chi connectivity index (χ1) is 14.5. The van der Waals surface area contributed by atoms with Gasteiger partial charge in [-0.25, -0.2) is 9.37 Å². The average molecular weight is 438 g/mol. The zero-order valence-corrected chi connectivity index (χ0v) is 18.2. The Morgan fingerprint density at radius 2 is 2.00 bits per heavy atom. The van der Waals surface area contributed by atoms with Crippen molar-refractivity contribution in [2.75, 3.05) is 4.90 Å². The summed E-state index contributed by atoms with van der Waals surface area (Å²) in [6, 6.07) is 16.2. The first kappa shape index (κ1) is 20.5. The Kier molecular flexibility index (Phi) is 6.11. The van der Waals surface area contributed by atoms with Crippen LogP contribution in [0.15, 0.2) is 71.9 Å². The highest BCUT2D eigenvalue weighted by Crippen LogP contribution is 2.32. The third-order valence-corrected chi connectivity index (χ3v) is 6.39. The number of rotatable bonds is 6. The Labute approximate surface area is 182 Å². The van der Waals surface area contributed by atoms with Crippen molar-refractivity contribution in [1.29, 1.82) is 0 Å². The number of thiazole rings is 1. The number of thioether (sulfide) groups is 1. The monoisotopic (exact) mass is 437 g/mol. The number of fused-ring (bicyclic) bond motifs is 1. The molecule has 4 aromatic rings. The van der Waals surface area contributed by atoms with Gasteiger partial charge in [0.05, 0.1) is 11.2 Å².